The second-order valence-corrected chi connectivity index (χ2v) is 5.69. The lowest BCUT2D eigenvalue weighted by Gasteiger charge is -2.49. The van der Waals surface area contributed by atoms with Crippen LogP contribution in [0.15, 0.2) is 0 Å². The van der Waals surface area contributed by atoms with Crippen LogP contribution in [0.4, 0.5) is 0 Å². The van der Waals surface area contributed by atoms with Crippen LogP contribution in [0.3, 0.4) is 0 Å². The van der Waals surface area contributed by atoms with Gasteiger partial charge in [0.1, 0.15) is 5.54 Å². The van der Waals surface area contributed by atoms with E-state index in [1.165, 1.54) is 0 Å². The molecule has 0 aromatic heterocycles. The van der Waals surface area contributed by atoms with Gasteiger partial charge < -0.3 is 5.11 Å². The molecule has 4 heteroatoms. The summed E-state index contributed by atoms with van der Waals surface area (Å²) in [6.07, 6.45) is 4.67. The molecule has 4 nitrogen and oxygen atoms in total. The number of unbranched alkanes of at least 4 members (excludes halogenated alkanes) is 1. The van der Waals surface area contributed by atoms with E-state index >= 15 is 0 Å². The normalized spacial score (nSPS) is 36.8. The van der Waals surface area contributed by atoms with E-state index in [0.29, 0.717) is 12.5 Å². The first-order valence-electron chi connectivity index (χ1n) is 6.13. The summed E-state index contributed by atoms with van der Waals surface area (Å²) in [5.41, 5.74) is -1.07. The smallest absolute Gasteiger partial charge is 0.326 e. The molecule has 92 valence electrons. The Morgan fingerprint density at radius 3 is 2.81 bits per heavy atom. The summed E-state index contributed by atoms with van der Waals surface area (Å²) < 4.78 is 0. The Bertz CT molecular complexity index is 303. The largest absolute Gasteiger partial charge is 0.480 e. The van der Waals surface area contributed by atoms with E-state index in [1.807, 2.05) is 13.8 Å². The van der Waals surface area contributed by atoms with E-state index < -0.39 is 11.5 Å². The molecule has 2 aliphatic heterocycles. The van der Waals surface area contributed by atoms with Crippen LogP contribution < -0.4 is 0 Å². The quantitative estimate of drug-likeness (QED) is 0.799. The highest BCUT2D eigenvalue weighted by atomic mass is 16.7. The molecule has 0 radical (unpaired) electrons. The lowest BCUT2D eigenvalue weighted by molar-refractivity contribution is -0.284. The summed E-state index contributed by atoms with van der Waals surface area (Å²) >= 11 is 0. The van der Waals surface area contributed by atoms with Gasteiger partial charge in [-0.1, -0.05) is 19.8 Å². The summed E-state index contributed by atoms with van der Waals surface area (Å²) in [6, 6.07) is 0.304. The maximum atomic E-state index is 11.4. The van der Waals surface area contributed by atoms with Gasteiger partial charge in [0.25, 0.3) is 0 Å². The van der Waals surface area contributed by atoms with Gasteiger partial charge in [-0.3, -0.25) is 9.63 Å². The van der Waals surface area contributed by atoms with Gasteiger partial charge in [-0.2, -0.15) is 5.06 Å². The van der Waals surface area contributed by atoms with E-state index in [4.69, 9.17) is 4.84 Å². The molecule has 2 atom stereocenters. The summed E-state index contributed by atoms with van der Waals surface area (Å²) in [5, 5.41) is 11.1. The predicted octanol–water partition coefficient (Wildman–Crippen LogP) is 2.19. The van der Waals surface area contributed by atoms with E-state index in [-0.39, 0.29) is 5.60 Å². The standard InChI is InChI=1S/C12H21NO3/c1-4-5-6-9-7-12(10(14)15)8-11(2,3)16-13(9)12/h9H,4-8H2,1-3H3,(H,14,15). The van der Waals surface area contributed by atoms with Gasteiger partial charge in [0.2, 0.25) is 0 Å². The molecule has 16 heavy (non-hydrogen) atoms. The molecular weight excluding hydrogens is 206 g/mol. The Morgan fingerprint density at radius 2 is 2.25 bits per heavy atom. The third kappa shape index (κ3) is 1.64. The molecule has 2 aliphatic rings. The maximum Gasteiger partial charge on any atom is 0.326 e. The number of hydrogen-bond donors (Lipinski definition) is 1. The van der Waals surface area contributed by atoms with Gasteiger partial charge >= 0.3 is 5.97 Å². The maximum absolute atomic E-state index is 11.4. The Hall–Kier alpha value is -0.610. The van der Waals surface area contributed by atoms with Crippen molar-refractivity contribution in [3.05, 3.63) is 0 Å². The molecule has 0 aromatic carbocycles. The number of carbonyl (C=O) groups is 1. The van der Waals surface area contributed by atoms with Crippen LogP contribution in [0.25, 0.3) is 0 Å². The average molecular weight is 227 g/mol. The van der Waals surface area contributed by atoms with Crippen LogP contribution in [0.1, 0.15) is 52.9 Å². The molecule has 1 N–H and O–H groups in total. The number of carboxylic acids is 1. The Kier molecular flexibility index (Phi) is 2.75. The number of hydroxylamine groups is 2. The van der Waals surface area contributed by atoms with Gasteiger partial charge in [-0.05, 0) is 26.7 Å². The van der Waals surface area contributed by atoms with Crippen molar-refractivity contribution in [3.8, 4) is 0 Å². The van der Waals surface area contributed by atoms with Gasteiger partial charge in [0.05, 0.1) is 5.60 Å². The van der Waals surface area contributed by atoms with E-state index in [0.717, 1.165) is 25.7 Å². The van der Waals surface area contributed by atoms with Gasteiger partial charge in [0.15, 0.2) is 0 Å². The topological polar surface area (TPSA) is 49.8 Å². The van der Waals surface area contributed by atoms with E-state index in [1.54, 1.807) is 5.06 Å². The highest BCUT2D eigenvalue weighted by Crippen LogP contribution is 2.51. The molecule has 0 saturated carbocycles. The summed E-state index contributed by atoms with van der Waals surface area (Å²) in [5.74, 6) is -0.731. The van der Waals surface area contributed by atoms with E-state index in [9.17, 15) is 9.90 Å². The fraction of sp³-hybridized carbons (Fsp3) is 0.917. The monoisotopic (exact) mass is 227 g/mol. The van der Waals surface area contributed by atoms with Crippen molar-refractivity contribution in [2.45, 2.75) is 70.1 Å². The van der Waals surface area contributed by atoms with Crippen LogP contribution >= 0.6 is 0 Å². The lowest BCUT2D eigenvalue weighted by Crippen LogP contribution is -2.65. The van der Waals surface area contributed by atoms with Crippen LogP contribution in [0.2, 0.25) is 0 Å². The number of aliphatic carboxylic acids is 1. The Morgan fingerprint density at radius 1 is 1.56 bits per heavy atom. The molecule has 0 aromatic rings. The third-order valence-electron chi connectivity index (χ3n) is 3.68. The molecular formula is C12H21NO3. The fourth-order valence-corrected chi connectivity index (χ4v) is 3.03. The minimum atomic E-state index is -0.734. The van der Waals surface area contributed by atoms with Crippen molar-refractivity contribution in [3.63, 3.8) is 0 Å². The minimum Gasteiger partial charge on any atom is -0.480 e. The third-order valence-corrected chi connectivity index (χ3v) is 3.68. The number of carboxylic acid groups (broad SMARTS) is 1. The van der Waals surface area contributed by atoms with Crippen molar-refractivity contribution in [1.82, 2.24) is 5.06 Å². The summed E-state index contributed by atoms with van der Waals surface area (Å²) in [4.78, 5) is 17.1. The Labute approximate surface area is 96.5 Å². The first-order valence-corrected chi connectivity index (χ1v) is 6.13. The minimum absolute atomic E-state index is 0.304. The van der Waals surface area contributed by atoms with Gasteiger partial charge in [-0.15, -0.1) is 0 Å². The molecule has 2 unspecified atom stereocenters. The molecule has 0 spiro atoms. The van der Waals surface area contributed by atoms with Gasteiger partial charge in [0, 0.05) is 12.5 Å². The SMILES string of the molecule is CCCCC1CC2(C(=O)O)CC(C)(C)ON12. The predicted molar refractivity (Wildman–Crippen MR) is 59.9 cm³/mol. The zero-order valence-corrected chi connectivity index (χ0v) is 10.3. The average Bonchev–Trinajstić information content (AvgIpc) is 2.38. The molecule has 2 heterocycles. The van der Waals surface area contributed by atoms with Crippen molar-refractivity contribution >= 4 is 5.97 Å². The zero-order valence-electron chi connectivity index (χ0n) is 10.3. The summed E-state index contributed by atoms with van der Waals surface area (Å²) in [7, 11) is 0. The van der Waals surface area contributed by atoms with Crippen LogP contribution in [0, 0.1) is 0 Å². The molecule has 2 fully saturated rings. The number of nitrogens with zero attached hydrogens (tertiary/aromatic N) is 1. The Balaban J connectivity index is 2.07. The number of rotatable bonds is 4. The molecule has 0 bridgehead atoms. The summed E-state index contributed by atoms with van der Waals surface area (Å²) in [6.45, 7) is 6.08. The van der Waals surface area contributed by atoms with Crippen LogP contribution in [-0.4, -0.2) is 33.3 Å². The zero-order chi connectivity index (χ0) is 12.0. The number of fused-ring (bicyclic) bond motifs is 1. The second-order valence-electron chi connectivity index (χ2n) is 5.69. The highest BCUT2D eigenvalue weighted by molar-refractivity contribution is 5.80. The molecule has 0 aliphatic carbocycles. The molecule has 0 amide bonds. The van der Waals surface area contributed by atoms with Crippen molar-refractivity contribution in [2.75, 3.05) is 0 Å². The van der Waals surface area contributed by atoms with Crippen molar-refractivity contribution < 1.29 is 14.7 Å². The first-order chi connectivity index (χ1) is 7.41. The van der Waals surface area contributed by atoms with Crippen molar-refractivity contribution in [2.24, 2.45) is 0 Å². The fourth-order valence-electron chi connectivity index (χ4n) is 3.03. The molecule has 2 saturated heterocycles. The van der Waals surface area contributed by atoms with Crippen LogP contribution in [-0.2, 0) is 9.63 Å². The van der Waals surface area contributed by atoms with Crippen molar-refractivity contribution in [1.29, 1.82) is 0 Å². The second kappa shape index (κ2) is 3.70. The highest BCUT2D eigenvalue weighted by Gasteiger charge is 2.65. The van der Waals surface area contributed by atoms with Gasteiger partial charge in [-0.25, -0.2) is 0 Å². The number of hydrogen-bond acceptors (Lipinski definition) is 3. The lowest BCUT2D eigenvalue weighted by atomic mass is 9.74. The first kappa shape index (κ1) is 11.9. The van der Waals surface area contributed by atoms with E-state index in [2.05, 4.69) is 6.92 Å². The van der Waals surface area contributed by atoms with Crippen LogP contribution in [0.5, 0.6) is 0 Å². The molecule has 2 rings (SSSR count).